The second-order valence-electron chi connectivity index (χ2n) is 9.97. The van der Waals surface area contributed by atoms with Crippen molar-refractivity contribution in [3.63, 3.8) is 0 Å². The summed E-state index contributed by atoms with van der Waals surface area (Å²) in [6, 6.07) is 25.1. The molecule has 2 heterocycles. The molecule has 7 heteroatoms. The molecule has 1 aromatic heterocycles. The Balaban J connectivity index is 1.51. The summed E-state index contributed by atoms with van der Waals surface area (Å²) in [6.07, 6.45) is 1.85. The molecule has 1 unspecified atom stereocenters. The van der Waals surface area contributed by atoms with Gasteiger partial charge in [0.1, 0.15) is 12.4 Å². The molecule has 3 aromatic carbocycles. The minimum absolute atomic E-state index is 0.194. The van der Waals surface area contributed by atoms with E-state index in [9.17, 15) is 9.59 Å². The molecular weight excluding hydrogens is 520 g/mol. The molecule has 0 saturated heterocycles. The van der Waals surface area contributed by atoms with Gasteiger partial charge in [-0.25, -0.2) is 9.79 Å². The van der Waals surface area contributed by atoms with E-state index in [1.165, 1.54) is 16.9 Å². The first kappa shape index (κ1) is 27.3. The van der Waals surface area contributed by atoms with Crippen LogP contribution in [0.5, 0.6) is 5.75 Å². The van der Waals surface area contributed by atoms with Crippen molar-refractivity contribution in [2.75, 3.05) is 6.61 Å². The summed E-state index contributed by atoms with van der Waals surface area (Å²) in [5.74, 6) is 0.664. The quantitative estimate of drug-likeness (QED) is 0.271. The van der Waals surface area contributed by atoms with Crippen LogP contribution in [-0.2, 0) is 16.1 Å². The Bertz CT molecular complexity index is 1710. The molecule has 1 aliphatic heterocycles. The molecule has 0 bridgehead atoms. The van der Waals surface area contributed by atoms with Crippen LogP contribution >= 0.6 is 11.3 Å². The van der Waals surface area contributed by atoms with E-state index >= 15 is 0 Å². The van der Waals surface area contributed by atoms with Gasteiger partial charge in [0, 0.05) is 0 Å². The predicted octanol–water partition coefficient (Wildman–Crippen LogP) is 5.50. The van der Waals surface area contributed by atoms with Crippen LogP contribution in [0.15, 0.2) is 99.9 Å². The number of carbonyl (C=O) groups excluding carboxylic acids is 1. The van der Waals surface area contributed by atoms with Gasteiger partial charge in [0.15, 0.2) is 4.80 Å². The van der Waals surface area contributed by atoms with Gasteiger partial charge in [0.2, 0.25) is 0 Å². The Morgan fingerprint density at radius 3 is 2.38 bits per heavy atom. The molecule has 6 nitrogen and oxygen atoms in total. The third-order valence-electron chi connectivity index (χ3n) is 6.86. The number of ether oxygens (including phenoxy) is 2. The first-order chi connectivity index (χ1) is 19.4. The second-order valence-corrected chi connectivity index (χ2v) is 11.0. The fraction of sp³-hybridized carbons (Fsp3) is 0.242. The average molecular weight is 553 g/mol. The Hall–Kier alpha value is -4.23. The van der Waals surface area contributed by atoms with E-state index in [4.69, 9.17) is 9.47 Å². The number of allylic oxidation sites excluding steroid dienone is 1. The van der Waals surface area contributed by atoms with Crippen LogP contribution < -0.4 is 19.6 Å². The van der Waals surface area contributed by atoms with Crippen molar-refractivity contribution < 1.29 is 14.3 Å². The number of rotatable bonds is 8. The third-order valence-corrected chi connectivity index (χ3v) is 7.85. The van der Waals surface area contributed by atoms with Crippen LogP contribution in [-0.4, -0.2) is 17.1 Å². The number of hydrogen-bond acceptors (Lipinski definition) is 6. The maximum absolute atomic E-state index is 13.8. The second kappa shape index (κ2) is 11.9. The van der Waals surface area contributed by atoms with Gasteiger partial charge in [-0.1, -0.05) is 91.9 Å². The lowest BCUT2D eigenvalue weighted by Gasteiger charge is -2.25. The molecule has 0 amide bonds. The van der Waals surface area contributed by atoms with Crippen LogP contribution in [0.25, 0.3) is 6.08 Å². The van der Waals surface area contributed by atoms with Gasteiger partial charge in [-0.2, -0.15) is 0 Å². The van der Waals surface area contributed by atoms with Crippen molar-refractivity contribution in [3.05, 3.63) is 132 Å². The molecular formula is C33H32N2O4S. The van der Waals surface area contributed by atoms with Gasteiger partial charge in [0.25, 0.3) is 5.56 Å². The van der Waals surface area contributed by atoms with Crippen molar-refractivity contribution in [2.24, 2.45) is 4.99 Å². The molecule has 0 fully saturated rings. The van der Waals surface area contributed by atoms with E-state index in [1.807, 2.05) is 72.8 Å². The molecule has 4 aromatic rings. The van der Waals surface area contributed by atoms with Gasteiger partial charge in [-0.05, 0) is 60.2 Å². The zero-order chi connectivity index (χ0) is 28.2. The lowest BCUT2D eigenvalue weighted by Crippen LogP contribution is -2.39. The summed E-state index contributed by atoms with van der Waals surface area (Å²) in [5, 5.41) is 0. The number of benzene rings is 3. The minimum Gasteiger partial charge on any atom is -0.489 e. The summed E-state index contributed by atoms with van der Waals surface area (Å²) < 4.78 is 13.5. The van der Waals surface area contributed by atoms with Crippen molar-refractivity contribution in [2.45, 2.75) is 46.3 Å². The maximum Gasteiger partial charge on any atom is 0.338 e. The first-order valence-corrected chi connectivity index (χ1v) is 14.2. The van der Waals surface area contributed by atoms with E-state index in [1.54, 1.807) is 18.4 Å². The molecule has 0 radical (unpaired) electrons. The van der Waals surface area contributed by atoms with Crippen LogP contribution in [0.3, 0.4) is 0 Å². The van der Waals surface area contributed by atoms with Crippen molar-refractivity contribution in [3.8, 4) is 5.75 Å². The number of thiazole rings is 1. The Kier molecular flexibility index (Phi) is 8.12. The molecule has 40 heavy (non-hydrogen) atoms. The number of nitrogens with zero attached hydrogens (tertiary/aromatic N) is 2. The zero-order valence-electron chi connectivity index (χ0n) is 23.1. The lowest BCUT2D eigenvalue weighted by molar-refractivity contribution is -0.139. The van der Waals surface area contributed by atoms with Gasteiger partial charge in [-0.15, -0.1) is 0 Å². The highest BCUT2D eigenvalue weighted by Gasteiger charge is 2.33. The lowest BCUT2D eigenvalue weighted by atomic mass is 9.93. The summed E-state index contributed by atoms with van der Waals surface area (Å²) >= 11 is 1.32. The van der Waals surface area contributed by atoms with Crippen LogP contribution in [0, 0.1) is 0 Å². The number of aromatic nitrogens is 1. The highest BCUT2D eigenvalue weighted by Crippen LogP contribution is 2.31. The van der Waals surface area contributed by atoms with E-state index in [0.29, 0.717) is 33.1 Å². The van der Waals surface area contributed by atoms with E-state index in [2.05, 4.69) is 31.0 Å². The third kappa shape index (κ3) is 5.70. The fourth-order valence-corrected chi connectivity index (χ4v) is 5.77. The molecule has 0 N–H and O–H groups in total. The van der Waals surface area contributed by atoms with Crippen molar-refractivity contribution >= 4 is 23.4 Å². The molecule has 204 valence electrons. The standard InChI is InChI=1S/C33H32N2O4S/c1-5-38-32(37)29-22(4)34-33-35(30(29)26-15-13-25(14-16-26)21(2)3)31(36)28(40-33)19-23-11-17-27(18-12-23)39-20-24-9-7-6-8-10-24/h6-19,21,30H,5,20H2,1-4H3. The molecule has 0 saturated carbocycles. The largest absolute Gasteiger partial charge is 0.489 e. The number of carbonyl (C=O) groups is 1. The summed E-state index contributed by atoms with van der Waals surface area (Å²) in [6.45, 7) is 8.56. The Morgan fingerprint density at radius 2 is 1.73 bits per heavy atom. The van der Waals surface area contributed by atoms with E-state index in [0.717, 1.165) is 22.4 Å². The normalized spacial score (nSPS) is 15.1. The van der Waals surface area contributed by atoms with Crippen molar-refractivity contribution in [1.82, 2.24) is 4.57 Å². The van der Waals surface area contributed by atoms with E-state index < -0.39 is 12.0 Å². The average Bonchev–Trinajstić information content (AvgIpc) is 3.26. The fourth-order valence-electron chi connectivity index (χ4n) is 4.72. The topological polar surface area (TPSA) is 69.9 Å². The zero-order valence-corrected chi connectivity index (χ0v) is 23.9. The first-order valence-electron chi connectivity index (χ1n) is 13.4. The van der Waals surface area contributed by atoms with Crippen LogP contribution in [0.4, 0.5) is 0 Å². The van der Waals surface area contributed by atoms with Crippen LogP contribution in [0.1, 0.15) is 61.9 Å². The van der Waals surface area contributed by atoms with Gasteiger partial charge in [-0.3, -0.25) is 9.36 Å². The van der Waals surface area contributed by atoms with Crippen molar-refractivity contribution in [1.29, 1.82) is 0 Å². The predicted molar refractivity (Wildman–Crippen MR) is 158 cm³/mol. The molecule has 1 aliphatic rings. The highest BCUT2D eigenvalue weighted by molar-refractivity contribution is 7.07. The molecule has 5 rings (SSSR count). The monoisotopic (exact) mass is 552 g/mol. The minimum atomic E-state index is -0.618. The smallest absolute Gasteiger partial charge is 0.338 e. The maximum atomic E-state index is 13.8. The van der Waals surface area contributed by atoms with Gasteiger partial charge >= 0.3 is 5.97 Å². The Morgan fingerprint density at radius 1 is 1.02 bits per heavy atom. The highest BCUT2D eigenvalue weighted by atomic mass is 32.1. The van der Waals surface area contributed by atoms with Gasteiger partial charge < -0.3 is 9.47 Å². The van der Waals surface area contributed by atoms with E-state index in [-0.39, 0.29) is 12.2 Å². The molecule has 0 spiro atoms. The molecule has 0 aliphatic carbocycles. The number of esters is 1. The Labute approximate surface area is 237 Å². The summed E-state index contributed by atoms with van der Waals surface area (Å²) in [7, 11) is 0. The van der Waals surface area contributed by atoms with Gasteiger partial charge in [0.05, 0.1) is 28.5 Å². The molecule has 1 atom stereocenters. The van der Waals surface area contributed by atoms with Crippen LogP contribution in [0.2, 0.25) is 0 Å². The summed E-state index contributed by atoms with van der Waals surface area (Å²) in [4.78, 5) is 32.1. The SMILES string of the molecule is CCOC(=O)C1=C(C)N=c2sc(=Cc3ccc(OCc4ccccc4)cc3)c(=O)n2C1c1ccc(C(C)C)cc1. The summed E-state index contributed by atoms with van der Waals surface area (Å²) in [5.41, 5.74) is 4.75. The number of fused-ring (bicyclic) bond motifs is 1. The number of hydrogen-bond donors (Lipinski definition) is 0.